The zero-order chi connectivity index (χ0) is 28.6. The number of aromatic nitrogens is 3. The molecule has 0 fully saturated rings. The van der Waals surface area contributed by atoms with Gasteiger partial charge in [-0.2, -0.15) is 0 Å². The molecule has 0 aliphatic rings. The number of para-hydroxylation sites is 2. The highest BCUT2D eigenvalue weighted by Gasteiger charge is 2.14. The molecule has 0 radical (unpaired) electrons. The van der Waals surface area contributed by atoms with Gasteiger partial charge in [0.1, 0.15) is 0 Å². The lowest BCUT2D eigenvalue weighted by molar-refractivity contribution is 1.16. The van der Waals surface area contributed by atoms with Crippen molar-refractivity contribution in [2.45, 2.75) is 0 Å². The number of nitrogens with zero attached hydrogens (tertiary/aromatic N) is 3. The predicted octanol–water partition coefficient (Wildman–Crippen LogP) is 10.2. The van der Waals surface area contributed by atoms with Crippen LogP contribution in [0.2, 0.25) is 0 Å². The second kappa shape index (κ2) is 10.6. The Morgan fingerprint density at radius 2 is 0.837 bits per heavy atom. The molecule has 8 rings (SSSR count). The van der Waals surface area contributed by atoms with Crippen LogP contribution in [0, 0.1) is 0 Å². The number of hydrogen-bond donors (Lipinski definition) is 0. The van der Waals surface area contributed by atoms with Crippen molar-refractivity contribution in [1.29, 1.82) is 0 Å². The first-order chi connectivity index (χ1) is 21.3. The fourth-order valence-electron chi connectivity index (χ4n) is 5.93. The van der Waals surface area contributed by atoms with Crippen LogP contribution in [0.15, 0.2) is 164 Å². The zero-order valence-corrected chi connectivity index (χ0v) is 23.4. The van der Waals surface area contributed by atoms with E-state index >= 15 is 0 Å². The molecule has 0 saturated carbocycles. The van der Waals surface area contributed by atoms with Gasteiger partial charge in [0.2, 0.25) is 0 Å². The van der Waals surface area contributed by atoms with Crippen LogP contribution in [0.25, 0.3) is 72.5 Å². The quantitative estimate of drug-likeness (QED) is 0.214. The molecule has 2 aromatic heterocycles. The average molecular weight is 550 g/mol. The van der Waals surface area contributed by atoms with Gasteiger partial charge in [-0.05, 0) is 41.5 Å². The highest BCUT2D eigenvalue weighted by molar-refractivity contribution is 6.09. The van der Waals surface area contributed by atoms with Crippen molar-refractivity contribution in [2.75, 3.05) is 0 Å². The summed E-state index contributed by atoms with van der Waals surface area (Å²) in [5.41, 5.74) is 10.7. The molecule has 3 nitrogen and oxygen atoms in total. The summed E-state index contributed by atoms with van der Waals surface area (Å²) in [5.74, 6) is 0.707. The maximum absolute atomic E-state index is 5.13. The Labute approximate surface area is 250 Å². The van der Waals surface area contributed by atoms with E-state index in [9.17, 15) is 0 Å². The van der Waals surface area contributed by atoms with E-state index in [2.05, 4.69) is 144 Å². The minimum atomic E-state index is 0.707. The van der Waals surface area contributed by atoms with Crippen LogP contribution in [0.4, 0.5) is 0 Å². The van der Waals surface area contributed by atoms with Gasteiger partial charge in [0.05, 0.1) is 22.4 Å². The summed E-state index contributed by atoms with van der Waals surface area (Å²) in [5, 5.41) is 2.50. The van der Waals surface area contributed by atoms with E-state index in [1.807, 2.05) is 24.3 Å². The molecule has 6 aromatic carbocycles. The lowest BCUT2D eigenvalue weighted by Crippen LogP contribution is -1.98. The monoisotopic (exact) mass is 549 g/mol. The molecule has 0 atom stereocenters. The molecule has 202 valence electrons. The van der Waals surface area contributed by atoms with E-state index in [-0.39, 0.29) is 0 Å². The van der Waals surface area contributed by atoms with E-state index < -0.39 is 0 Å². The number of fused-ring (bicyclic) bond motifs is 3. The van der Waals surface area contributed by atoms with E-state index in [4.69, 9.17) is 9.97 Å². The van der Waals surface area contributed by atoms with Crippen LogP contribution in [0.3, 0.4) is 0 Å². The Kier molecular flexibility index (Phi) is 6.12. The summed E-state index contributed by atoms with van der Waals surface area (Å²) in [6.45, 7) is 0. The third kappa shape index (κ3) is 4.58. The van der Waals surface area contributed by atoms with E-state index in [0.29, 0.717) is 5.82 Å². The molecular formula is C40H27N3. The molecular weight excluding hydrogens is 522 g/mol. The van der Waals surface area contributed by atoms with Crippen molar-refractivity contribution in [2.24, 2.45) is 0 Å². The van der Waals surface area contributed by atoms with Gasteiger partial charge in [-0.25, -0.2) is 9.97 Å². The van der Waals surface area contributed by atoms with Crippen LogP contribution in [-0.4, -0.2) is 14.5 Å². The van der Waals surface area contributed by atoms with Gasteiger partial charge in [-0.1, -0.05) is 133 Å². The van der Waals surface area contributed by atoms with E-state index in [1.54, 1.807) is 0 Å². The first-order valence-electron chi connectivity index (χ1n) is 14.5. The van der Waals surface area contributed by atoms with Crippen molar-refractivity contribution in [3.8, 4) is 50.7 Å². The zero-order valence-electron chi connectivity index (χ0n) is 23.4. The molecule has 0 bridgehead atoms. The lowest BCUT2D eigenvalue weighted by atomic mass is 10.0. The van der Waals surface area contributed by atoms with Crippen LogP contribution < -0.4 is 0 Å². The van der Waals surface area contributed by atoms with Gasteiger partial charge in [-0.15, -0.1) is 0 Å². The van der Waals surface area contributed by atoms with E-state index in [1.165, 1.54) is 32.9 Å². The summed E-state index contributed by atoms with van der Waals surface area (Å²) >= 11 is 0. The standard InChI is InChI=1S/C40H27N3/c1-3-12-28(13-4-1)29-22-24-31(25-23-29)40-41-36(30-14-5-2-6-15-30)27-37(42-40)32-16-11-17-33(26-32)43-38-20-9-7-18-34(38)35-19-8-10-21-39(35)43/h1-27H. The first kappa shape index (κ1) is 25.0. The molecule has 0 saturated heterocycles. The summed E-state index contributed by atoms with van der Waals surface area (Å²) in [6, 6.07) is 57.2. The topological polar surface area (TPSA) is 30.7 Å². The van der Waals surface area contributed by atoms with Crippen molar-refractivity contribution < 1.29 is 0 Å². The minimum Gasteiger partial charge on any atom is -0.309 e. The maximum atomic E-state index is 5.13. The smallest absolute Gasteiger partial charge is 0.160 e. The van der Waals surface area contributed by atoms with Gasteiger partial charge < -0.3 is 4.57 Å². The molecule has 2 heterocycles. The van der Waals surface area contributed by atoms with Crippen LogP contribution in [0.1, 0.15) is 0 Å². The van der Waals surface area contributed by atoms with Crippen molar-refractivity contribution in [1.82, 2.24) is 14.5 Å². The lowest BCUT2D eigenvalue weighted by Gasteiger charge is -2.12. The number of rotatable bonds is 5. The van der Waals surface area contributed by atoms with Gasteiger partial charge >= 0.3 is 0 Å². The number of hydrogen-bond acceptors (Lipinski definition) is 2. The highest BCUT2D eigenvalue weighted by atomic mass is 15.0. The van der Waals surface area contributed by atoms with Gasteiger partial charge in [0, 0.05) is 33.2 Å². The summed E-state index contributed by atoms with van der Waals surface area (Å²) in [7, 11) is 0. The third-order valence-electron chi connectivity index (χ3n) is 8.03. The van der Waals surface area contributed by atoms with Crippen molar-refractivity contribution in [3.63, 3.8) is 0 Å². The Bertz CT molecular complexity index is 2160. The summed E-state index contributed by atoms with van der Waals surface area (Å²) < 4.78 is 2.34. The Morgan fingerprint density at radius 3 is 1.49 bits per heavy atom. The number of benzene rings is 6. The third-order valence-corrected chi connectivity index (χ3v) is 8.03. The summed E-state index contributed by atoms with van der Waals surface area (Å²) in [4.78, 5) is 10.2. The molecule has 0 spiro atoms. The van der Waals surface area contributed by atoms with Crippen LogP contribution in [0.5, 0.6) is 0 Å². The molecule has 3 heteroatoms. The van der Waals surface area contributed by atoms with Crippen molar-refractivity contribution in [3.05, 3.63) is 164 Å². The molecule has 8 aromatic rings. The van der Waals surface area contributed by atoms with E-state index in [0.717, 1.165) is 33.8 Å². The van der Waals surface area contributed by atoms with Gasteiger partial charge in [-0.3, -0.25) is 0 Å². The Hall–Kier alpha value is -5.80. The average Bonchev–Trinajstić information content (AvgIpc) is 3.43. The second-order valence-electron chi connectivity index (χ2n) is 10.7. The highest BCUT2D eigenvalue weighted by Crippen LogP contribution is 2.34. The molecule has 0 unspecified atom stereocenters. The molecule has 0 amide bonds. The van der Waals surface area contributed by atoms with Crippen LogP contribution >= 0.6 is 0 Å². The summed E-state index contributed by atoms with van der Waals surface area (Å²) in [6.07, 6.45) is 0. The fraction of sp³-hybridized carbons (Fsp3) is 0. The normalized spacial score (nSPS) is 11.3. The minimum absolute atomic E-state index is 0.707. The van der Waals surface area contributed by atoms with Gasteiger partial charge in [0.15, 0.2) is 5.82 Å². The second-order valence-corrected chi connectivity index (χ2v) is 10.7. The molecule has 0 N–H and O–H groups in total. The largest absolute Gasteiger partial charge is 0.309 e. The van der Waals surface area contributed by atoms with Crippen LogP contribution in [-0.2, 0) is 0 Å². The SMILES string of the molecule is c1ccc(-c2ccc(-c3nc(-c4ccccc4)cc(-c4cccc(-n5c6ccccc6c6ccccc65)c4)n3)cc2)cc1. The Balaban J connectivity index is 1.27. The Morgan fingerprint density at radius 1 is 0.349 bits per heavy atom. The van der Waals surface area contributed by atoms with Crippen molar-refractivity contribution >= 4 is 21.8 Å². The van der Waals surface area contributed by atoms with Gasteiger partial charge in [0.25, 0.3) is 0 Å². The molecule has 43 heavy (non-hydrogen) atoms. The maximum Gasteiger partial charge on any atom is 0.160 e. The molecule has 0 aliphatic carbocycles. The molecule has 0 aliphatic heterocycles. The first-order valence-corrected chi connectivity index (χ1v) is 14.5. The fourth-order valence-corrected chi connectivity index (χ4v) is 5.93. The predicted molar refractivity (Wildman–Crippen MR) is 178 cm³/mol.